The van der Waals surface area contributed by atoms with Crippen molar-refractivity contribution in [3.8, 4) is 0 Å². The highest BCUT2D eigenvalue weighted by molar-refractivity contribution is 5.93. The lowest BCUT2D eigenvalue weighted by molar-refractivity contribution is -0.302. The fraction of sp³-hybridized carbons (Fsp3) is 0.618. The van der Waals surface area contributed by atoms with Gasteiger partial charge in [0.25, 0.3) is 0 Å². The van der Waals surface area contributed by atoms with Crippen LogP contribution in [0.2, 0.25) is 0 Å². The number of carbonyl (C=O) groups excluding carboxylic acids is 6. The van der Waals surface area contributed by atoms with E-state index in [2.05, 4.69) is 11.6 Å². The molecule has 0 bridgehead atoms. The van der Waals surface area contributed by atoms with Gasteiger partial charge in [0.2, 0.25) is 0 Å². The molecule has 0 radical (unpaired) electrons. The van der Waals surface area contributed by atoms with E-state index in [0.717, 1.165) is 13.8 Å². The summed E-state index contributed by atoms with van der Waals surface area (Å²) in [5.74, 6) is -7.11. The summed E-state index contributed by atoms with van der Waals surface area (Å²) in [7, 11) is 0. The number of pyridine rings is 1. The summed E-state index contributed by atoms with van der Waals surface area (Å²) in [4.78, 5) is 92.9. The molecule has 48 heavy (non-hydrogen) atoms. The van der Waals surface area contributed by atoms with Crippen LogP contribution in [-0.2, 0) is 57.4 Å². The molecular formula is C34H43NO13. The minimum atomic E-state index is -1.95. The van der Waals surface area contributed by atoms with Crippen molar-refractivity contribution in [2.24, 2.45) is 23.2 Å². The standard InChI is InChI=1S/C34H43NO13/c1-16-14-34(46-22(7)39)26(27(16)43-20(5)37)28(44-21(6)38)17(2)24(42-19(4)36)13-25(47-48-32(41)23-11-10-12-35-15-23)33(8,9)31-29(45-31)18(3)30(34)40/h10-12,15-16,18,24-29,31H,2,13-14H2,1,3-9H3/t16-,18+,24+,25+,26+,27-,28-,29-,31+,34+/m0/s1. The summed E-state index contributed by atoms with van der Waals surface area (Å²) in [6.45, 7) is 15.7. The van der Waals surface area contributed by atoms with Gasteiger partial charge in [-0.25, -0.2) is 4.79 Å². The molecule has 0 aromatic carbocycles. The first-order chi connectivity index (χ1) is 22.4. The van der Waals surface area contributed by atoms with Crippen molar-refractivity contribution < 1.29 is 62.2 Å². The zero-order chi connectivity index (χ0) is 35.7. The summed E-state index contributed by atoms with van der Waals surface area (Å²) >= 11 is 0. The van der Waals surface area contributed by atoms with Gasteiger partial charge in [-0.3, -0.25) is 33.8 Å². The molecule has 1 aromatic rings. The molecule has 3 aliphatic rings. The number of Topliss-reactive ketones (excluding diaryl/α,β-unsaturated/α-hetero) is 1. The van der Waals surface area contributed by atoms with Crippen molar-refractivity contribution in [2.45, 2.75) is 110 Å². The topological polar surface area (TPSA) is 183 Å². The zero-order valence-electron chi connectivity index (χ0n) is 28.4. The van der Waals surface area contributed by atoms with Crippen molar-refractivity contribution >= 4 is 35.6 Å². The van der Waals surface area contributed by atoms with Crippen molar-refractivity contribution in [1.82, 2.24) is 4.98 Å². The number of ether oxygens (including phenoxy) is 5. The Hall–Kier alpha value is -4.17. The van der Waals surface area contributed by atoms with Gasteiger partial charge in [-0.2, -0.15) is 4.89 Å². The first-order valence-electron chi connectivity index (χ1n) is 15.8. The lowest BCUT2D eigenvalue weighted by atomic mass is 9.70. The molecule has 0 unspecified atom stereocenters. The highest BCUT2D eigenvalue weighted by Crippen LogP contribution is 2.54. The van der Waals surface area contributed by atoms with E-state index in [1.807, 2.05) is 0 Å². The first-order valence-corrected chi connectivity index (χ1v) is 15.8. The number of epoxide rings is 1. The molecule has 14 nitrogen and oxygen atoms in total. The monoisotopic (exact) mass is 673 g/mol. The van der Waals surface area contributed by atoms with Gasteiger partial charge >= 0.3 is 29.8 Å². The number of rotatable bonds is 7. The predicted octanol–water partition coefficient (Wildman–Crippen LogP) is 3.25. The molecule has 0 amide bonds. The Morgan fingerprint density at radius 3 is 2.17 bits per heavy atom. The summed E-state index contributed by atoms with van der Waals surface area (Å²) < 4.78 is 29.4. The number of fused-ring (bicyclic) bond motifs is 2. The normalized spacial score (nSPS) is 34.2. The molecule has 262 valence electrons. The Kier molecular flexibility index (Phi) is 10.8. The molecule has 3 fully saturated rings. The van der Waals surface area contributed by atoms with Crippen molar-refractivity contribution in [2.75, 3.05) is 0 Å². The Labute approximate surface area is 278 Å². The third-order valence-electron chi connectivity index (χ3n) is 9.39. The number of esters is 4. The van der Waals surface area contributed by atoms with Crippen LogP contribution < -0.4 is 0 Å². The zero-order valence-corrected chi connectivity index (χ0v) is 28.4. The quantitative estimate of drug-likeness (QED) is 0.103. The molecule has 0 N–H and O–H groups in total. The van der Waals surface area contributed by atoms with Crippen molar-refractivity contribution in [3.63, 3.8) is 0 Å². The molecule has 1 aromatic heterocycles. The predicted molar refractivity (Wildman–Crippen MR) is 163 cm³/mol. The number of aromatic nitrogens is 1. The molecular weight excluding hydrogens is 630 g/mol. The first kappa shape index (κ1) is 36.7. The third-order valence-corrected chi connectivity index (χ3v) is 9.39. The second-order valence-electron chi connectivity index (χ2n) is 13.4. The SMILES string of the molecule is C=C1[C@H](OC(C)=O)C[C@@H](OOC(=O)c2cccnc2)C(C)(C)[C@@H]2O[C@H]2[C@@H](C)C(=O)[C@@]2(OC(C)=O)C[C@H](C)[C@H](OC(C)=O)[C@@H]2[C@H]1OC(C)=O. The average Bonchev–Trinajstić information content (AvgIpc) is 3.77. The maximum atomic E-state index is 14.7. The summed E-state index contributed by atoms with van der Waals surface area (Å²) in [6.07, 6.45) is -3.69. The Morgan fingerprint density at radius 1 is 0.958 bits per heavy atom. The molecule has 0 spiro atoms. The minimum Gasteiger partial charge on any atom is -0.462 e. The minimum absolute atomic E-state index is 0.00884. The number of nitrogens with zero attached hydrogens (tertiary/aromatic N) is 1. The molecule has 14 heteroatoms. The van der Waals surface area contributed by atoms with Crippen LogP contribution in [0.25, 0.3) is 0 Å². The Morgan fingerprint density at radius 2 is 1.60 bits per heavy atom. The summed E-state index contributed by atoms with van der Waals surface area (Å²) in [6, 6.07) is 3.04. The van der Waals surface area contributed by atoms with Gasteiger partial charge in [0.1, 0.15) is 24.4 Å². The molecule has 1 aliphatic heterocycles. The molecule has 1 saturated heterocycles. The van der Waals surface area contributed by atoms with Crippen LogP contribution in [0.1, 0.15) is 78.6 Å². The van der Waals surface area contributed by atoms with Crippen LogP contribution >= 0.6 is 0 Å². The van der Waals surface area contributed by atoms with E-state index in [1.54, 1.807) is 33.8 Å². The van der Waals surface area contributed by atoms with Gasteiger partial charge in [-0.05, 0) is 18.1 Å². The van der Waals surface area contributed by atoms with Crippen LogP contribution in [0.3, 0.4) is 0 Å². The lowest BCUT2D eigenvalue weighted by Gasteiger charge is -2.42. The number of hydrogen-bond acceptors (Lipinski definition) is 14. The fourth-order valence-corrected chi connectivity index (χ4v) is 7.16. The van der Waals surface area contributed by atoms with Crippen molar-refractivity contribution in [1.29, 1.82) is 0 Å². The maximum Gasteiger partial charge on any atom is 0.374 e. The van der Waals surface area contributed by atoms with Gasteiger partial charge in [-0.15, -0.1) is 0 Å². The van der Waals surface area contributed by atoms with Crippen LogP contribution in [0.5, 0.6) is 0 Å². The van der Waals surface area contributed by atoms with Crippen molar-refractivity contribution in [3.05, 3.63) is 42.2 Å². The van der Waals surface area contributed by atoms with E-state index >= 15 is 0 Å². The molecule has 4 rings (SSSR count). The largest absolute Gasteiger partial charge is 0.462 e. The van der Waals surface area contributed by atoms with Gasteiger partial charge in [-0.1, -0.05) is 34.3 Å². The van der Waals surface area contributed by atoms with E-state index in [0.29, 0.717) is 0 Å². The van der Waals surface area contributed by atoms with E-state index < -0.39 is 101 Å². The van der Waals surface area contributed by atoms with Crippen LogP contribution in [0.15, 0.2) is 36.7 Å². The number of carbonyl (C=O) groups is 6. The maximum absolute atomic E-state index is 14.7. The second kappa shape index (κ2) is 14.1. The summed E-state index contributed by atoms with van der Waals surface area (Å²) in [5.41, 5.74) is -2.84. The second-order valence-corrected chi connectivity index (χ2v) is 13.4. The van der Waals surface area contributed by atoms with Gasteiger partial charge in [0.15, 0.2) is 11.4 Å². The third kappa shape index (κ3) is 7.44. The Bertz CT molecular complexity index is 1460. The molecule has 2 heterocycles. The smallest absolute Gasteiger partial charge is 0.374 e. The van der Waals surface area contributed by atoms with Crippen LogP contribution in [-0.4, -0.2) is 82.8 Å². The van der Waals surface area contributed by atoms with Crippen LogP contribution in [0.4, 0.5) is 0 Å². The number of hydrogen-bond donors (Lipinski definition) is 0. The van der Waals surface area contributed by atoms with E-state index in [1.165, 1.54) is 32.3 Å². The molecule has 2 aliphatic carbocycles. The fourth-order valence-electron chi connectivity index (χ4n) is 7.16. The summed E-state index contributed by atoms with van der Waals surface area (Å²) in [5, 5.41) is 0. The Balaban J connectivity index is 1.88. The highest BCUT2D eigenvalue weighted by atomic mass is 17.2. The highest BCUT2D eigenvalue weighted by Gasteiger charge is 2.68. The molecule has 10 atom stereocenters. The van der Waals surface area contributed by atoms with E-state index in [9.17, 15) is 28.8 Å². The van der Waals surface area contributed by atoms with Gasteiger partial charge in [0, 0.05) is 69.8 Å². The van der Waals surface area contributed by atoms with Gasteiger partial charge in [0.05, 0.1) is 23.7 Å². The van der Waals surface area contributed by atoms with E-state index in [-0.39, 0.29) is 24.0 Å². The van der Waals surface area contributed by atoms with E-state index in [4.69, 9.17) is 33.5 Å². The average molecular weight is 674 g/mol. The van der Waals surface area contributed by atoms with Gasteiger partial charge < -0.3 is 23.7 Å². The lowest BCUT2D eigenvalue weighted by Crippen LogP contribution is -2.58. The van der Waals surface area contributed by atoms with Crippen LogP contribution in [0, 0.1) is 23.2 Å². The number of ketones is 1. The molecule has 2 saturated carbocycles.